The van der Waals surface area contributed by atoms with Crippen molar-refractivity contribution in [1.82, 2.24) is 0 Å². The van der Waals surface area contributed by atoms with Crippen molar-refractivity contribution >= 4 is 23.4 Å². The Morgan fingerprint density at radius 2 is 2.00 bits per heavy atom. The lowest BCUT2D eigenvalue weighted by atomic mass is 9.90. The number of hydrogen-bond donors (Lipinski definition) is 0. The second kappa shape index (κ2) is 5.93. The van der Waals surface area contributed by atoms with Gasteiger partial charge in [-0.3, -0.25) is 4.79 Å². The number of ether oxygens (including phenoxy) is 1. The van der Waals surface area contributed by atoms with E-state index in [0.29, 0.717) is 4.42 Å². The number of fused-ring (bicyclic) bond motifs is 1. The lowest BCUT2D eigenvalue weighted by molar-refractivity contribution is -0.268. The number of para-hydroxylation sites is 1. The summed E-state index contributed by atoms with van der Waals surface area (Å²) in [6, 6.07) is 5.60. The second-order valence-corrected chi connectivity index (χ2v) is 6.18. The number of carbonyl (C=O) groups excluding carboxylic acids is 1. The third kappa shape index (κ3) is 2.74. The molecule has 1 aliphatic heterocycles. The molecule has 2 unspecified atom stereocenters. The topological polar surface area (TPSA) is 29.5 Å². The van der Waals surface area contributed by atoms with Crippen LogP contribution in [-0.4, -0.2) is 18.2 Å². The van der Waals surface area contributed by atoms with Crippen LogP contribution in [0.4, 0.5) is 18.9 Å². The van der Waals surface area contributed by atoms with Crippen molar-refractivity contribution in [3.05, 3.63) is 54.6 Å². The van der Waals surface area contributed by atoms with Crippen LogP contribution in [0.2, 0.25) is 0 Å². The van der Waals surface area contributed by atoms with Crippen LogP contribution in [0.3, 0.4) is 0 Å². The molecule has 1 aliphatic carbocycles. The van der Waals surface area contributed by atoms with E-state index in [2.05, 4.69) is 6.58 Å². The molecule has 2 aliphatic rings. The van der Waals surface area contributed by atoms with Crippen molar-refractivity contribution in [3.8, 4) is 0 Å². The van der Waals surface area contributed by atoms with Crippen LogP contribution in [0.25, 0.3) is 0 Å². The van der Waals surface area contributed by atoms with Crippen molar-refractivity contribution in [2.24, 2.45) is 5.92 Å². The first kappa shape index (κ1) is 17.0. The normalized spacial score (nSPS) is 27.9. The molecule has 1 heterocycles. The zero-order valence-corrected chi connectivity index (χ0v) is 13.3. The molecule has 0 spiro atoms. The van der Waals surface area contributed by atoms with Crippen molar-refractivity contribution in [3.63, 3.8) is 0 Å². The maximum absolute atomic E-state index is 14.1. The zero-order valence-electron chi connectivity index (χ0n) is 12.6. The molecule has 1 saturated carbocycles. The molecule has 0 bridgehead atoms. The quantitative estimate of drug-likeness (QED) is 0.589. The van der Waals surface area contributed by atoms with Crippen LogP contribution in [0.1, 0.15) is 18.4 Å². The standard InChI is InChI=1S/C17H15ClF3NO2/c1-2-14-15(23)22(18)13-6-4-3-5-12(13)16(24-14,17(19,20)21)10-9-11-7-8-11/h2-6,9-11,14H,1,7-8H2/b10-9+. The van der Waals surface area contributed by atoms with Gasteiger partial charge >= 0.3 is 6.18 Å². The van der Waals surface area contributed by atoms with Crippen LogP contribution in [0.15, 0.2) is 49.1 Å². The first-order chi connectivity index (χ1) is 11.3. The molecule has 128 valence electrons. The van der Waals surface area contributed by atoms with E-state index in [1.165, 1.54) is 30.3 Å². The van der Waals surface area contributed by atoms with E-state index < -0.39 is 23.8 Å². The average Bonchev–Trinajstić information content (AvgIpc) is 3.37. The summed E-state index contributed by atoms with van der Waals surface area (Å²) in [6.07, 6.45) is -1.08. The van der Waals surface area contributed by atoms with E-state index >= 15 is 0 Å². The SMILES string of the molecule is C=CC1OC(/C=C/C2CC2)(C(F)(F)F)c2ccccc2N(Cl)C1=O. The predicted molar refractivity (Wildman–Crippen MR) is 84.4 cm³/mol. The molecule has 3 rings (SSSR count). The fourth-order valence-corrected chi connectivity index (χ4v) is 2.90. The number of carbonyl (C=O) groups is 1. The van der Waals surface area contributed by atoms with E-state index in [9.17, 15) is 18.0 Å². The van der Waals surface area contributed by atoms with Gasteiger partial charge in [0.2, 0.25) is 5.60 Å². The highest BCUT2D eigenvalue weighted by Crippen LogP contribution is 2.50. The van der Waals surface area contributed by atoms with E-state index in [4.69, 9.17) is 16.5 Å². The average molecular weight is 358 g/mol. The monoisotopic (exact) mass is 357 g/mol. The van der Waals surface area contributed by atoms with Gasteiger partial charge in [-0.2, -0.15) is 13.2 Å². The van der Waals surface area contributed by atoms with Crippen molar-refractivity contribution in [2.45, 2.75) is 30.7 Å². The molecular formula is C17H15ClF3NO2. The second-order valence-electron chi connectivity index (χ2n) is 5.84. The fourth-order valence-electron chi connectivity index (χ4n) is 2.66. The largest absolute Gasteiger partial charge is 0.425 e. The number of nitrogens with zero attached hydrogens (tertiary/aromatic N) is 1. The summed E-state index contributed by atoms with van der Waals surface area (Å²) in [4.78, 5) is 12.3. The summed E-state index contributed by atoms with van der Waals surface area (Å²) in [7, 11) is 0. The molecule has 1 amide bonds. The Morgan fingerprint density at radius 1 is 1.33 bits per heavy atom. The fraction of sp³-hybridized carbons (Fsp3) is 0.353. The Bertz CT molecular complexity index is 699. The van der Waals surface area contributed by atoms with Crippen LogP contribution >= 0.6 is 11.8 Å². The van der Waals surface area contributed by atoms with Crippen molar-refractivity contribution in [2.75, 3.05) is 4.42 Å². The Balaban J connectivity index is 2.25. The minimum Gasteiger partial charge on any atom is -0.339 e. The molecule has 7 heteroatoms. The lowest BCUT2D eigenvalue weighted by Gasteiger charge is -2.34. The number of anilines is 1. The van der Waals surface area contributed by atoms with E-state index in [0.717, 1.165) is 25.0 Å². The van der Waals surface area contributed by atoms with Crippen LogP contribution < -0.4 is 4.42 Å². The maximum atomic E-state index is 14.1. The molecule has 0 radical (unpaired) electrons. The third-order valence-corrected chi connectivity index (χ3v) is 4.47. The van der Waals surface area contributed by atoms with Crippen molar-refractivity contribution in [1.29, 1.82) is 0 Å². The minimum absolute atomic E-state index is 0.0497. The summed E-state index contributed by atoms with van der Waals surface area (Å²) in [5.41, 5.74) is -3.03. The maximum Gasteiger partial charge on any atom is 0.425 e. The Kier molecular flexibility index (Phi) is 4.21. The number of alkyl halides is 3. The molecule has 0 N–H and O–H groups in total. The smallest absolute Gasteiger partial charge is 0.339 e. The molecule has 1 aromatic rings. The highest BCUT2D eigenvalue weighted by Gasteiger charge is 2.60. The van der Waals surface area contributed by atoms with Crippen LogP contribution in [0, 0.1) is 5.92 Å². The van der Waals surface area contributed by atoms with Gasteiger partial charge in [0.05, 0.1) is 5.69 Å². The van der Waals surface area contributed by atoms with Gasteiger partial charge in [-0.05, 0) is 30.9 Å². The Morgan fingerprint density at radius 3 is 2.58 bits per heavy atom. The van der Waals surface area contributed by atoms with Crippen LogP contribution in [0.5, 0.6) is 0 Å². The van der Waals surface area contributed by atoms with E-state index in [-0.39, 0.29) is 17.2 Å². The molecule has 2 atom stereocenters. The molecule has 3 nitrogen and oxygen atoms in total. The summed E-state index contributed by atoms with van der Waals surface area (Å²) >= 11 is 5.99. The Labute approximate surface area is 142 Å². The number of amides is 1. The molecular weight excluding hydrogens is 343 g/mol. The summed E-state index contributed by atoms with van der Waals surface area (Å²) in [5.74, 6) is -0.710. The number of benzene rings is 1. The number of hydrogen-bond acceptors (Lipinski definition) is 2. The first-order valence-electron chi connectivity index (χ1n) is 7.46. The molecule has 24 heavy (non-hydrogen) atoms. The van der Waals surface area contributed by atoms with Crippen LogP contribution in [-0.2, 0) is 15.1 Å². The van der Waals surface area contributed by atoms with Gasteiger partial charge in [0.1, 0.15) is 0 Å². The van der Waals surface area contributed by atoms with Gasteiger partial charge in [0.15, 0.2) is 6.10 Å². The summed E-state index contributed by atoms with van der Waals surface area (Å²) in [6.45, 7) is 3.41. The van der Waals surface area contributed by atoms with E-state index in [1.54, 1.807) is 0 Å². The van der Waals surface area contributed by atoms with Gasteiger partial charge in [-0.25, -0.2) is 4.42 Å². The zero-order chi connectivity index (χ0) is 17.5. The molecule has 0 aromatic heterocycles. The van der Waals surface area contributed by atoms with Gasteiger partial charge < -0.3 is 4.74 Å². The highest BCUT2D eigenvalue weighted by atomic mass is 35.5. The molecule has 1 fully saturated rings. The van der Waals surface area contributed by atoms with Gasteiger partial charge in [-0.1, -0.05) is 36.9 Å². The highest BCUT2D eigenvalue weighted by molar-refractivity contribution is 6.37. The minimum atomic E-state index is -4.78. The number of halogens is 4. The third-order valence-electron chi connectivity index (χ3n) is 4.13. The molecule has 0 saturated heterocycles. The van der Waals surface area contributed by atoms with Crippen molar-refractivity contribution < 1.29 is 22.7 Å². The van der Waals surface area contributed by atoms with E-state index in [1.807, 2.05) is 0 Å². The summed E-state index contributed by atoms with van der Waals surface area (Å²) < 4.78 is 48.3. The molecule has 1 aromatic carbocycles. The summed E-state index contributed by atoms with van der Waals surface area (Å²) in [5, 5.41) is 0. The van der Waals surface area contributed by atoms with Gasteiger partial charge in [-0.15, -0.1) is 0 Å². The number of allylic oxidation sites excluding steroid dienone is 1. The van der Waals surface area contributed by atoms with Gasteiger partial charge in [0.25, 0.3) is 5.91 Å². The Hall–Kier alpha value is -1.79. The first-order valence-corrected chi connectivity index (χ1v) is 7.79. The predicted octanol–water partition coefficient (Wildman–Crippen LogP) is 4.48. The van der Waals surface area contributed by atoms with Gasteiger partial charge in [0, 0.05) is 17.3 Å². The lowest BCUT2D eigenvalue weighted by Crippen LogP contribution is -2.46. The number of rotatable bonds is 3.